The molecular weight excluding hydrogens is 214 g/mol. The van der Waals surface area contributed by atoms with E-state index in [2.05, 4.69) is 22.0 Å². The van der Waals surface area contributed by atoms with Crippen molar-refractivity contribution in [3.05, 3.63) is 23.9 Å². The lowest BCUT2D eigenvalue weighted by Gasteiger charge is -2.32. The number of rotatable bonds is 3. The van der Waals surface area contributed by atoms with Crippen LogP contribution in [0, 0.1) is 0 Å². The van der Waals surface area contributed by atoms with E-state index in [1.54, 1.807) is 7.11 Å². The van der Waals surface area contributed by atoms with E-state index in [1.807, 2.05) is 13.1 Å². The summed E-state index contributed by atoms with van der Waals surface area (Å²) in [5.74, 6) is 1.05. The van der Waals surface area contributed by atoms with Gasteiger partial charge in [-0.15, -0.1) is 0 Å². The molecule has 2 N–H and O–H groups in total. The molecule has 0 aromatic carbocycles. The van der Waals surface area contributed by atoms with E-state index in [1.165, 1.54) is 0 Å². The molecule has 4 heteroatoms. The Labute approximate surface area is 103 Å². The first-order valence-electron chi connectivity index (χ1n) is 6.20. The Balaban J connectivity index is 1.99. The number of aromatic nitrogens is 1. The highest BCUT2D eigenvalue weighted by Gasteiger charge is 2.19. The Morgan fingerprint density at radius 1 is 1.41 bits per heavy atom. The fraction of sp³-hybridized carbons (Fsp3) is 0.615. The summed E-state index contributed by atoms with van der Waals surface area (Å²) < 4.78 is 5.36. The van der Waals surface area contributed by atoms with Gasteiger partial charge in [0.2, 0.25) is 0 Å². The molecule has 4 nitrogen and oxygen atoms in total. The summed E-state index contributed by atoms with van der Waals surface area (Å²) in [7, 11) is 1.79. The van der Waals surface area contributed by atoms with Crippen LogP contribution in [-0.4, -0.2) is 31.3 Å². The van der Waals surface area contributed by atoms with Crippen molar-refractivity contribution in [1.82, 2.24) is 4.98 Å². The molecule has 2 heterocycles. The number of nitrogens with two attached hydrogens (primary N) is 1. The smallest absolute Gasteiger partial charge is 0.128 e. The third-order valence-electron chi connectivity index (χ3n) is 3.40. The minimum Gasteiger partial charge on any atom is -0.381 e. The van der Waals surface area contributed by atoms with E-state index in [0.717, 1.165) is 37.3 Å². The van der Waals surface area contributed by atoms with Crippen LogP contribution in [-0.2, 0) is 4.74 Å². The van der Waals surface area contributed by atoms with Gasteiger partial charge in [-0.25, -0.2) is 4.98 Å². The van der Waals surface area contributed by atoms with Gasteiger partial charge in [0.25, 0.3) is 0 Å². The quantitative estimate of drug-likeness (QED) is 0.866. The number of ether oxygens (including phenoxy) is 1. The second-order valence-electron chi connectivity index (χ2n) is 4.66. The van der Waals surface area contributed by atoms with E-state index in [-0.39, 0.29) is 6.04 Å². The molecule has 1 fully saturated rings. The molecule has 0 aliphatic carbocycles. The molecule has 1 aliphatic rings. The van der Waals surface area contributed by atoms with Crippen LogP contribution in [0.25, 0.3) is 0 Å². The van der Waals surface area contributed by atoms with Gasteiger partial charge in [0, 0.05) is 32.4 Å². The van der Waals surface area contributed by atoms with Crippen molar-refractivity contribution in [3.8, 4) is 0 Å². The molecule has 17 heavy (non-hydrogen) atoms. The molecule has 1 aliphatic heterocycles. The molecule has 0 amide bonds. The first-order chi connectivity index (χ1) is 8.20. The molecular formula is C13H21N3O. The molecule has 0 unspecified atom stereocenters. The molecule has 1 saturated heterocycles. The molecule has 0 spiro atoms. The third-order valence-corrected chi connectivity index (χ3v) is 3.40. The number of methoxy groups -OCH3 is 1. The van der Waals surface area contributed by atoms with Gasteiger partial charge >= 0.3 is 0 Å². The topological polar surface area (TPSA) is 51.4 Å². The highest BCUT2D eigenvalue weighted by atomic mass is 16.5. The highest BCUT2D eigenvalue weighted by molar-refractivity contribution is 5.40. The SMILES string of the molecule is COC1CCN(c2ccc([C@H](C)N)cn2)CC1. The maximum absolute atomic E-state index is 5.81. The van der Waals surface area contributed by atoms with Crippen LogP contribution in [0.3, 0.4) is 0 Å². The maximum Gasteiger partial charge on any atom is 0.128 e. The summed E-state index contributed by atoms with van der Waals surface area (Å²) in [5.41, 5.74) is 6.89. The van der Waals surface area contributed by atoms with Crippen molar-refractivity contribution in [2.45, 2.75) is 31.9 Å². The van der Waals surface area contributed by atoms with Gasteiger partial charge in [-0.3, -0.25) is 0 Å². The van der Waals surface area contributed by atoms with Crippen LogP contribution in [0.15, 0.2) is 18.3 Å². The summed E-state index contributed by atoms with van der Waals surface area (Å²) in [4.78, 5) is 6.79. The molecule has 0 saturated carbocycles. The van der Waals surface area contributed by atoms with Gasteiger partial charge in [-0.05, 0) is 31.4 Å². The van der Waals surface area contributed by atoms with Crippen molar-refractivity contribution in [2.24, 2.45) is 5.73 Å². The second-order valence-corrected chi connectivity index (χ2v) is 4.66. The highest BCUT2D eigenvalue weighted by Crippen LogP contribution is 2.20. The molecule has 1 aromatic heterocycles. The first kappa shape index (κ1) is 12.3. The minimum absolute atomic E-state index is 0.0516. The van der Waals surface area contributed by atoms with Crippen molar-refractivity contribution in [2.75, 3.05) is 25.1 Å². The van der Waals surface area contributed by atoms with E-state index < -0.39 is 0 Å². The van der Waals surface area contributed by atoms with E-state index in [9.17, 15) is 0 Å². The van der Waals surface area contributed by atoms with Crippen molar-refractivity contribution < 1.29 is 4.74 Å². The van der Waals surface area contributed by atoms with Crippen LogP contribution >= 0.6 is 0 Å². The van der Waals surface area contributed by atoms with E-state index in [0.29, 0.717) is 6.10 Å². The summed E-state index contributed by atoms with van der Waals surface area (Å²) in [6.07, 6.45) is 4.44. The molecule has 1 aromatic rings. The lowest BCUT2D eigenvalue weighted by molar-refractivity contribution is 0.0818. The molecule has 94 valence electrons. The van der Waals surface area contributed by atoms with Crippen LogP contribution in [0.2, 0.25) is 0 Å². The minimum atomic E-state index is 0.0516. The zero-order valence-corrected chi connectivity index (χ0v) is 10.6. The second kappa shape index (κ2) is 5.47. The summed E-state index contributed by atoms with van der Waals surface area (Å²) >= 11 is 0. The lowest BCUT2D eigenvalue weighted by Crippen LogP contribution is -2.37. The lowest BCUT2D eigenvalue weighted by atomic mass is 10.1. The van der Waals surface area contributed by atoms with Crippen molar-refractivity contribution in [3.63, 3.8) is 0 Å². The molecule has 1 atom stereocenters. The normalized spacial score (nSPS) is 19.4. The van der Waals surface area contributed by atoms with Gasteiger partial charge in [-0.1, -0.05) is 6.07 Å². The summed E-state index contributed by atoms with van der Waals surface area (Å²) in [6, 6.07) is 4.18. The number of anilines is 1. The summed E-state index contributed by atoms with van der Waals surface area (Å²) in [6.45, 7) is 4.01. The van der Waals surface area contributed by atoms with Crippen molar-refractivity contribution >= 4 is 5.82 Å². The maximum atomic E-state index is 5.81. The predicted octanol–water partition coefficient (Wildman–Crippen LogP) is 1.72. The average Bonchev–Trinajstić information content (AvgIpc) is 2.39. The number of piperidine rings is 1. The van der Waals surface area contributed by atoms with Gasteiger partial charge in [-0.2, -0.15) is 0 Å². The average molecular weight is 235 g/mol. The Kier molecular flexibility index (Phi) is 3.97. The van der Waals surface area contributed by atoms with Crippen LogP contribution in [0.5, 0.6) is 0 Å². The number of hydrogen-bond acceptors (Lipinski definition) is 4. The zero-order chi connectivity index (χ0) is 12.3. The fourth-order valence-electron chi connectivity index (χ4n) is 2.17. The largest absolute Gasteiger partial charge is 0.381 e. The number of hydrogen-bond donors (Lipinski definition) is 1. The van der Waals surface area contributed by atoms with E-state index >= 15 is 0 Å². The van der Waals surface area contributed by atoms with Gasteiger partial charge in [0.05, 0.1) is 6.10 Å². The van der Waals surface area contributed by atoms with Gasteiger partial charge in [0.15, 0.2) is 0 Å². The summed E-state index contributed by atoms with van der Waals surface area (Å²) in [5, 5.41) is 0. The van der Waals surface area contributed by atoms with Crippen LogP contribution < -0.4 is 10.6 Å². The van der Waals surface area contributed by atoms with Crippen LogP contribution in [0.1, 0.15) is 31.4 Å². The Morgan fingerprint density at radius 3 is 2.59 bits per heavy atom. The fourth-order valence-corrected chi connectivity index (χ4v) is 2.17. The van der Waals surface area contributed by atoms with Gasteiger partial charge < -0.3 is 15.4 Å². The Hall–Kier alpha value is -1.13. The Morgan fingerprint density at radius 2 is 2.12 bits per heavy atom. The molecule has 2 rings (SSSR count). The predicted molar refractivity (Wildman–Crippen MR) is 69.1 cm³/mol. The third kappa shape index (κ3) is 2.96. The molecule has 0 radical (unpaired) electrons. The Bertz CT molecular complexity index is 342. The number of pyridine rings is 1. The first-order valence-corrected chi connectivity index (χ1v) is 6.20. The van der Waals surface area contributed by atoms with Crippen molar-refractivity contribution in [1.29, 1.82) is 0 Å². The monoisotopic (exact) mass is 235 g/mol. The number of nitrogens with zero attached hydrogens (tertiary/aromatic N) is 2. The van der Waals surface area contributed by atoms with Crippen LogP contribution in [0.4, 0.5) is 5.82 Å². The standard InChI is InChI=1S/C13H21N3O/c1-10(14)11-3-4-13(15-9-11)16-7-5-12(17-2)6-8-16/h3-4,9-10,12H,5-8,14H2,1-2H3/t10-/m0/s1. The zero-order valence-electron chi connectivity index (χ0n) is 10.6. The van der Waals surface area contributed by atoms with Gasteiger partial charge in [0.1, 0.15) is 5.82 Å². The molecule has 0 bridgehead atoms. The van der Waals surface area contributed by atoms with E-state index in [4.69, 9.17) is 10.5 Å².